The van der Waals surface area contributed by atoms with Gasteiger partial charge in [0.2, 0.25) is 5.79 Å². The van der Waals surface area contributed by atoms with E-state index in [9.17, 15) is 49.3 Å². The zero-order valence-electron chi connectivity index (χ0n) is 44.5. The molecule has 0 aromatic heterocycles. The Labute approximate surface area is 427 Å². The lowest BCUT2D eigenvalue weighted by molar-refractivity contribution is -0.266. The number of hydroxylamine groups is 2. The molecule has 0 aromatic rings. The summed E-state index contributed by atoms with van der Waals surface area (Å²) in [5.74, 6) is -8.92. The van der Waals surface area contributed by atoms with E-state index in [-0.39, 0.29) is 74.3 Å². The summed E-state index contributed by atoms with van der Waals surface area (Å²) in [6, 6.07) is -2.26. The molecule has 3 fully saturated rings. The molecule has 0 radical (unpaired) electrons. The number of methoxy groups -OCH3 is 2. The number of rotatable bonds is 9. The molecule has 2 amide bonds. The van der Waals surface area contributed by atoms with Crippen molar-refractivity contribution in [3.8, 4) is 0 Å². The standard InChI is InChI=1S/C55H86N2O15/c1-11-12-26-70-54(65)57(67)43-31-41-23-21-39(8)55(66,72-41)51(62)52(63)56-25-17-16-20-42(56)53(64)71-46(36(5)29-40-22-24-44(58)47(30-40)68-9)32-45(59)35(4)28-38(7)49(61)50(69-10)48(60)37(6)27-33(2)18-14-13-15-19-34(43)3/h13-15,18-19,28,33,35-37,39-44,46-47,49-50,58,61,66-67H,11-12,16-17,20-27,29-32H2,1-10H3/b15-13+,18-14+,34-19+,38-28+/t33-,35-,36-,37-,39-,40+,41+,42+,43+,44-,46+,47-,49-,50+,55-/m1/s1. The maximum Gasteiger partial charge on any atom is 0.434 e. The van der Waals surface area contributed by atoms with Gasteiger partial charge in [-0.1, -0.05) is 84.4 Å². The van der Waals surface area contributed by atoms with Crippen molar-refractivity contribution in [2.45, 2.75) is 200 Å². The number of allylic oxidation sites excluding steroid dienone is 6. The SMILES string of the molecule is CCCCOC(=O)N(O)[C@H]1C[C@@H]2CC[C@@H](C)[C@@](O)(O2)C(=O)C(=O)N2CCCC[C@H]2C(=O)O[C@H]([C@H](C)C[C@@H]2CC[C@@H](O)[C@H](OC)C2)CC(=O)[C@H](C)/C=C(\C)[C@@H](O)[C@@H](OC)C(=O)[C@H](C)C[C@H](C)/C=C/C=C/C=C/1C. The number of hydrogen-bond acceptors (Lipinski definition) is 15. The van der Waals surface area contributed by atoms with Crippen molar-refractivity contribution in [1.29, 1.82) is 0 Å². The number of amides is 2. The fourth-order valence-corrected chi connectivity index (χ4v) is 10.6. The average Bonchev–Trinajstić information content (AvgIpc) is 3.35. The van der Waals surface area contributed by atoms with Gasteiger partial charge in [0.25, 0.3) is 11.7 Å². The van der Waals surface area contributed by atoms with Crippen LogP contribution in [0.2, 0.25) is 0 Å². The first-order valence-corrected chi connectivity index (χ1v) is 26.4. The maximum absolute atomic E-state index is 14.5. The van der Waals surface area contributed by atoms with Crippen LogP contribution in [0.4, 0.5) is 4.79 Å². The lowest BCUT2D eigenvalue weighted by Crippen LogP contribution is -2.61. The normalized spacial score (nSPS) is 37.5. The second kappa shape index (κ2) is 28.5. The highest BCUT2D eigenvalue weighted by Crippen LogP contribution is 2.38. The van der Waals surface area contributed by atoms with Crippen LogP contribution in [-0.2, 0) is 47.7 Å². The highest BCUT2D eigenvalue weighted by Gasteiger charge is 2.53. The van der Waals surface area contributed by atoms with Gasteiger partial charge in [0.15, 0.2) is 5.78 Å². The van der Waals surface area contributed by atoms with Crippen LogP contribution < -0.4 is 0 Å². The van der Waals surface area contributed by atoms with E-state index < -0.39 is 89.9 Å². The van der Waals surface area contributed by atoms with Crippen LogP contribution in [0.1, 0.15) is 145 Å². The van der Waals surface area contributed by atoms with E-state index in [1.165, 1.54) is 7.11 Å². The number of nitrogens with zero attached hydrogens (tertiary/aromatic N) is 2. The van der Waals surface area contributed by atoms with Crippen molar-refractivity contribution >= 4 is 35.3 Å². The zero-order chi connectivity index (χ0) is 53.4. The van der Waals surface area contributed by atoms with Crippen LogP contribution in [0.25, 0.3) is 0 Å². The second-order valence-corrected chi connectivity index (χ2v) is 21.2. The summed E-state index contributed by atoms with van der Waals surface area (Å²) >= 11 is 0. The Bertz CT molecular complexity index is 1970. The summed E-state index contributed by atoms with van der Waals surface area (Å²) in [5, 5.41) is 45.9. The van der Waals surface area contributed by atoms with E-state index in [2.05, 4.69) is 0 Å². The van der Waals surface area contributed by atoms with Crippen LogP contribution >= 0.6 is 0 Å². The van der Waals surface area contributed by atoms with Crippen molar-refractivity contribution in [2.75, 3.05) is 27.4 Å². The number of aliphatic hydroxyl groups is 3. The number of Topliss-reactive ketones (excluding diaryl/α,β-unsaturated/α-hetero) is 3. The van der Waals surface area contributed by atoms with E-state index in [0.29, 0.717) is 74.0 Å². The van der Waals surface area contributed by atoms with Gasteiger partial charge in [-0.15, -0.1) is 0 Å². The number of esters is 1. The Morgan fingerprint density at radius 1 is 0.917 bits per heavy atom. The van der Waals surface area contributed by atoms with Gasteiger partial charge in [0.1, 0.15) is 30.1 Å². The number of unbranched alkanes of at least 4 members (excludes halogenated alkanes) is 1. The molecule has 15 atom stereocenters. The first kappa shape index (κ1) is 60.5. The fourth-order valence-electron chi connectivity index (χ4n) is 10.6. The van der Waals surface area contributed by atoms with Gasteiger partial charge < -0.3 is 43.9 Å². The molecule has 0 spiro atoms. The summed E-state index contributed by atoms with van der Waals surface area (Å²) in [5.41, 5.74) is 0.870. The number of cyclic esters (lactones) is 1. The number of piperidine rings is 1. The third-order valence-electron chi connectivity index (χ3n) is 15.4. The van der Waals surface area contributed by atoms with E-state index in [0.717, 1.165) is 11.3 Å². The number of carbonyl (C=O) groups is 6. The first-order valence-electron chi connectivity index (χ1n) is 26.4. The van der Waals surface area contributed by atoms with Crippen LogP contribution in [0.15, 0.2) is 47.6 Å². The quantitative estimate of drug-likeness (QED) is 0.0448. The van der Waals surface area contributed by atoms with E-state index in [1.807, 2.05) is 32.9 Å². The molecule has 2 saturated heterocycles. The van der Waals surface area contributed by atoms with Crippen molar-refractivity contribution in [3.63, 3.8) is 0 Å². The predicted octanol–water partition coefficient (Wildman–Crippen LogP) is 7.16. The smallest absolute Gasteiger partial charge is 0.434 e. The molecule has 2 bridgehead atoms. The summed E-state index contributed by atoms with van der Waals surface area (Å²) in [4.78, 5) is 85.5. The number of carbonyl (C=O) groups excluding carboxylic acids is 6. The second-order valence-electron chi connectivity index (χ2n) is 21.2. The molecule has 1 saturated carbocycles. The Hall–Kier alpha value is -4.10. The molecule has 17 nitrogen and oxygen atoms in total. The zero-order valence-corrected chi connectivity index (χ0v) is 44.5. The molecule has 4 rings (SSSR count). The third kappa shape index (κ3) is 16.2. The number of ketones is 3. The van der Waals surface area contributed by atoms with Crippen molar-refractivity contribution in [1.82, 2.24) is 9.96 Å². The van der Waals surface area contributed by atoms with Gasteiger partial charge in [0, 0.05) is 51.4 Å². The minimum atomic E-state index is -2.61. The molecule has 406 valence electrons. The molecule has 17 heteroatoms. The molecular weight excluding hydrogens is 929 g/mol. The largest absolute Gasteiger partial charge is 0.460 e. The van der Waals surface area contributed by atoms with Gasteiger partial charge in [-0.05, 0) is 113 Å². The highest BCUT2D eigenvalue weighted by atomic mass is 16.6. The minimum Gasteiger partial charge on any atom is -0.460 e. The van der Waals surface area contributed by atoms with Gasteiger partial charge in [-0.2, -0.15) is 5.06 Å². The van der Waals surface area contributed by atoms with Gasteiger partial charge in [0.05, 0.1) is 31.0 Å². The van der Waals surface area contributed by atoms with E-state index in [1.54, 1.807) is 66.0 Å². The van der Waals surface area contributed by atoms with Gasteiger partial charge >= 0.3 is 12.1 Å². The average molecular weight is 1020 g/mol. The fraction of sp³-hybridized carbons (Fsp3) is 0.745. The number of ether oxygens (including phenoxy) is 5. The predicted molar refractivity (Wildman–Crippen MR) is 268 cm³/mol. The highest BCUT2D eigenvalue weighted by molar-refractivity contribution is 6.39. The first-order chi connectivity index (χ1) is 34.1. The van der Waals surface area contributed by atoms with E-state index in [4.69, 9.17) is 23.7 Å². The third-order valence-corrected chi connectivity index (χ3v) is 15.4. The Kier molecular flexibility index (Phi) is 24.0. The molecular formula is C55H86N2O15. The lowest BCUT2D eigenvalue weighted by atomic mass is 9.78. The number of hydrogen-bond donors (Lipinski definition) is 4. The Balaban J connectivity index is 1.75. The Morgan fingerprint density at radius 2 is 1.64 bits per heavy atom. The van der Waals surface area contributed by atoms with Crippen molar-refractivity contribution in [2.24, 2.45) is 35.5 Å². The monoisotopic (exact) mass is 1010 g/mol. The van der Waals surface area contributed by atoms with Crippen LogP contribution in [0, 0.1) is 35.5 Å². The summed E-state index contributed by atoms with van der Waals surface area (Å²) in [7, 11) is 2.90. The van der Waals surface area contributed by atoms with Crippen molar-refractivity contribution in [3.05, 3.63) is 47.6 Å². The van der Waals surface area contributed by atoms with Gasteiger partial charge in [-0.25, -0.2) is 9.59 Å². The lowest BCUT2D eigenvalue weighted by Gasteiger charge is -2.43. The Morgan fingerprint density at radius 3 is 2.32 bits per heavy atom. The van der Waals surface area contributed by atoms with Crippen LogP contribution in [0.5, 0.6) is 0 Å². The summed E-state index contributed by atoms with van der Waals surface area (Å²) < 4.78 is 28.9. The molecule has 0 aromatic carbocycles. The van der Waals surface area contributed by atoms with E-state index >= 15 is 0 Å². The molecule has 3 heterocycles. The van der Waals surface area contributed by atoms with Crippen molar-refractivity contribution < 1.29 is 73.0 Å². The molecule has 4 N–H and O–H groups in total. The van der Waals surface area contributed by atoms with Crippen LogP contribution in [-0.4, -0.2) is 148 Å². The molecule has 0 unspecified atom stereocenters. The number of aliphatic hydroxyl groups excluding tert-OH is 2. The molecule has 3 aliphatic heterocycles. The molecule has 1 aliphatic carbocycles. The maximum atomic E-state index is 14.5. The molecule has 72 heavy (non-hydrogen) atoms. The van der Waals surface area contributed by atoms with Crippen LogP contribution in [0.3, 0.4) is 0 Å². The molecule has 4 aliphatic rings. The minimum absolute atomic E-state index is 0.0145. The topological polar surface area (TPSA) is 236 Å². The van der Waals surface area contributed by atoms with Gasteiger partial charge in [-0.3, -0.25) is 24.4 Å². The number of fused-ring (bicyclic) bond motifs is 3. The summed E-state index contributed by atoms with van der Waals surface area (Å²) in [6.07, 6.45) is 9.56. The summed E-state index contributed by atoms with van der Waals surface area (Å²) in [6.45, 7) is 14.2.